The molecule has 1 aliphatic heterocycles. The number of unbranched alkanes of at least 4 members (excludes halogenated alkanes) is 22. The van der Waals surface area contributed by atoms with Crippen LogP contribution in [-0.4, -0.2) is 124 Å². The van der Waals surface area contributed by atoms with Crippen molar-refractivity contribution in [2.24, 2.45) is 0 Å². The molecule has 1 saturated heterocycles. The predicted octanol–water partition coefficient (Wildman–Crippen LogP) is 5.37. The molecular formula is C46H87N3O11. The standard InChI is InChI=1S/C46H87N3O11/c1-3-5-6-7-8-9-10-11-13-16-19-24-29-37(51)42(55)36(35-59-46-45(58)44(57)43(56)38(34-50)60-46)49-41(54)31-26-20-17-14-12-15-18-22-27-33-48-40(53)30-25-21-23-28-32-47-39(52)4-2/h4,36-38,42-46,50-51,55-58H,2-3,5-35H2,1H3,(H,47,52)(H,48,53)(H,49,54)/t36-,37+,38?,42-,43-,44-,45?,46-/m0/s1. The van der Waals surface area contributed by atoms with Crippen LogP contribution in [0.15, 0.2) is 12.7 Å². The molecule has 0 saturated carbocycles. The summed E-state index contributed by atoms with van der Waals surface area (Å²) in [6, 6.07) is -1.02. The van der Waals surface area contributed by atoms with E-state index in [0.29, 0.717) is 32.4 Å². The molecule has 0 bridgehead atoms. The SMILES string of the molecule is C=CC(=O)NCCCCCCC(=O)NCCCCCCCCCCCC(=O)N[C@@H](CO[C@H]1OC(CO)[C@H](O)[C@H](O)C1O)[C@H](O)[C@H](O)CCCCCCCCCCCCCC. The molecule has 2 unspecified atom stereocenters. The Morgan fingerprint density at radius 3 is 1.62 bits per heavy atom. The van der Waals surface area contributed by atoms with Gasteiger partial charge in [-0.25, -0.2) is 0 Å². The van der Waals surface area contributed by atoms with E-state index in [0.717, 1.165) is 103 Å². The number of hydrogen-bond donors (Lipinski definition) is 9. The molecule has 0 aliphatic carbocycles. The van der Waals surface area contributed by atoms with Crippen LogP contribution in [0, 0.1) is 0 Å². The van der Waals surface area contributed by atoms with Crippen molar-refractivity contribution >= 4 is 17.7 Å². The first-order chi connectivity index (χ1) is 29.0. The molecular weight excluding hydrogens is 771 g/mol. The largest absolute Gasteiger partial charge is 0.394 e. The Morgan fingerprint density at radius 1 is 0.633 bits per heavy atom. The fourth-order valence-corrected chi connectivity index (χ4v) is 7.55. The van der Waals surface area contributed by atoms with E-state index < -0.39 is 55.6 Å². The Bertz CT molecular complexity index is 1080. The van der Waals surface area contributed by atoms with E-state index in [1.165, 1.54) is 57.4 Å². The summed E-state index contributed by atoms with van der Waals surface area (Å²) in [4.78, 5) is 36.2. The van der Waals surface area contributed by atoms with Gasteiger partial charge in [0, 0.05) is 25.9 Å². The minimum absolute atomic E-state index is 0.0966. The fraction of sp³-hybridized carbons (Fsp3) is 0.891. The monoisotopic (exact) mass is 858 g/mol. The highest BCUT2D eigenvalue weighted by molar-refractivity contribution is 5.86. The van der Waals surface area contributed by atoms with E-state index in [2.05, 4.69) is 29.5 Å². The van der Waals surface area contributed by atoms with E-state index in [-0.39, 0.29) is 30.7 Å². The number of rotatable bonds is 40. The van der Waals surface area contributed by atoms with Gasteiger partial charge >= 0.3 is 0 Å². The Morgan fingerprint density at radius 2 is 1.10 bits per heavy atom. The number of aliphatic hydroxyl groups excluding tert-OH is 6. The number of aliphatic hydroxyl groups is 6. The first-order valence-electron chi connectivity index (χ1n) is 23.8. The summed E-state index contributed by atoms with van der Waals surface area (Å²) < 4.78 is 11.1. The molecule has 1 aliphatic rings. The number of carbonyl (C=O) groups excluding carboxylic acids is 3. The summed E-state index contributed by atoms with van der Waals surface area (Å²) in [6.45, 7) is 6.04. The lowest BCUT2D eigenvalue weighted by Gasteiger charge is -2.40. The van der Waals surface area contributed by atoms with E-state index >= 15 is 0 Å². The summed E-state index contributed by atoms with van der Waals surface area (Å²) in [7, 11) is 0. The van der Waals surface area contributed by atoms with Crippen molar-refractivity contribution in [3.63, 3.8) is 0 Å². The minimum Gasteiger partial charge on any atom is -0.394 e. The maximum absolute atomic E-state index is 13.0. The molecule has 14 nitrogen and oxygen atoms in total. The Labute approximate surface area is 362 Å². The quantitative estimate of drug-likeness (QED) is 0.0281. The average molecular weight is 858 g/mol. The third-order valence-electron chi connectivity index (χ3n) is 11.5. The molecule has 8 atom stereocenters. The van der Waals surface area contributed by atoms with Gasteiger partial charge in [-0.3, -0.25) is 14.4 Å². The molecule has 0 aromatic heterocycles. The zero-order chi connectivity index (χ0) is 44.2. The van der Waals surface area contributed by atoms with Crippen LogP contribution in [0.4, 0.5) is 0 Å². The van der Waals surface area contributed by atoms with Gasteiger partial charge in [0.15, 0.2) is 6.29 Å². The fourth-order valence-electron chi connectivity index (χ4n) is 7.55. The van der Waals surface area contributed by atoms with Gasteiger partial charge < -0.3 is 56.1 Å². The van der Waals surface area contributed by atoms with Crippen LogP contribution in [0.2, 0.25) is 0 Å². The van der Waals surface area contributed by atoms with Crippen LogP contribution in [0.25, 0.3) is 0 Å². The minimum atomic E-state index is -1.63. The zero-order valence-corrected chi connectivity index (χ0v) is 37.3. The van der Waals surface area contributed by atoms with Crippen LogP contribution >= 0.6 is 0 Å². The maximum Gasteiger partial charge on any atom is 0.243 e. The first kappa shape index (κ1) is 55.8. The molecule has 0 aromatic rings. The smallest absolute Gasteiger partial charge is 0.243 e. The second-order valence-electron chi connectivity index (χ2n) is 16.9. The van der Waals surface area contributed by atoms with Gasteiger partial charge in [0.05, 0.1) is 25.4 Å². The summed E-state index contributed by atoms with van der Waals surface area (Å²) in [5.74, 6) is -0.358. The molecule has 14 heteroatoms. The van der Waals surface area contributed by atoms with Gasteiger partial charge in [-0.2, -0.15) is 0 Å². The summed E-state index contributed by atoms with van der Waals surface area (Å²) in [5, 5.41) is 70.9. The van der Waals surface area contributed by atoms with E-state index in [4.69, 9.17) is 9.47 Å². The van der Waals surface area contributed by atoms with Gasteiger partial charge in [-0.15, -0.1) is 0 Å². The van der Waals surface area contributed by atoms with Crippen molar-refractivity contribution < 1.29 is 54.5 Å². The summed E-state index contributed by atoms with van der Waals surface area (Å²) in [6.07, 6.45) is 19.3. The van der Waals surface area contributed by atoms with Crippen molar-refractivity contribution in [1.29, 1.82) is 0 Å². The highest BCUT2D eigenvalue weighted by Gasteiger charge is 2.44. The van der Waals surface area contributed by atoms with Crippen molar-refractivity contribution in [2.75, 3.05) is 26.3 Å². The average Bonchev–Trinajstić information content (AvgIpc) is 3.24. The first-order valence-corrected chi connectivity index (χ1v) is 23.8. The maximum atomic E-state index is 13.0. The summed E-state index contributed by atoms with van der Waals surface area (Å²) in [5.41, 5.74) is 0. The van der Waals surface area contributed by atoms with Crippen LogP contribution in [-0.2, 0) is 23.9 Å². The molecule has 9 N–H and O–H groups in total. The van der Waals surface area contributed by atoms with Gasteiger partial charge in [0.25, 0.3) is 0 Å². The van der Waals surface area contributed by atoms with E-state index in [1.807, 2.05) is 0 Å². The highest BCUT2D eigenvalue weighted by Crippen LogP contribution is 2.23. The third-order valence-corrected chi connectivity index (χ3v) is 11.5. The van der Waals surface area contributed by atoms with Gasteiger partial charge in [-0.05, 0) is 38.2 Å². The second-order valence-corrected chi connectivity index (χ2v) is 16.9. The molecule has 60 heavy (non-hydrogen) atoms. The second kappa shape index (κ2) is 37.4. The lowest BCUT2D eigenvalue weighted by atomic mass is 9.98. The van der Waals surface area contributed by atoms with Gasteiger partial charge in [0.2, 0.25) is 17.7 Å². The molecule has 1 fully saturated rings. The molecule has 0 aromatic carbocycles. The number of amides is 3. The topological polar surface area (TPSA) is 227 Å². The lowest BCUT2D eigenvalue weighted by Crippen LogP contribution is -2.60. The molecule has 0 radical (unpaired) electrons. The van der Waals surface area contributed by atoms with Crippen LogP contribution < -0.4 is 16.0 Å². The van der Waals surface area contributed by atoms with Gasteiger partial charge in [-0.1, -0.05) is 148 Å². The molecule has 1 rings (SSSR count). The number of nitrogens with one attached hydrogen (secondary N) is 3. The molecule has 352 valence electrons. The Kier molecular flexibility index (Phi) is 34.8. The van der Waals surface area contributed by atoms with E-state index in [9.17, 15) is 45.0 Å². The Balaban J connectivity index is 2.32. The number of hydrogen-bond acceptors (Lipinski definition) is 11. The number of carbonyl (C=O) groups is 3. The van der Waals surface area contributed by atoms with Crippen molar-refractivity contribution in [3.05, 3.63) is 12.7 Å². The van der Waals surface area contributed by atoms with Crippen LogP contribution in [0.1, 0.15) is 187 Å². The third kappa shape index (κ3) is 27.7. The summed E-state index contributed by atoms with van der Waals surface area (Å²) >= 11 is 0. The van der Waals surface area contributed by atoms with Crippen molar-refractivity contribution in [3.8, 4) is 0 Å². The van der Waals surface area contributed by atoms with Crippen molar-refractivity contribution in [2.45, 2.75) is 236 Å². The number of ether oxygens (including phenoxy) is 2. The van der Waals surface area contributed by atoms with Crippen molar-refractivity contribution in [1.82, 2.24) is 16.0 Å². The van der Waals surface area contributed by atoms with Crippen LogP contribution in [0.3, 0.4) is 0 Å². The van der Waals surface area contributed by atoms with Crippen LogP contribution in [0.5, 0.6) is 0 Å². The Hall–Kier alpha value is -2.17. The molecule has 0 spiro atoms. The normalized spacial score (nSPS) is 20.6. The lowest BCUT2D eigenvalue weighted by molar-refractivity contribution is -0.303. The highest BCUT2D eigenvalue weighted by atomic mass is 16.7. The zero-order valence-electron chi connectivity index (χ0n) is 37.3. The molecule has 1 heterocycles. The van der Waals surface area contributed by atoms with Gasteiger partial charge in [0.1, 0.15) is 30.5 Å². The predicted molar refractivity (Wildman–Crippen MR) is 235 cm³/mol. The van der Waals surface area contributed by atoms with E-state index in [1.54, 1.807) is 0 Å². The molecule has 3 amide bonds.